The monoisotopic (exact) mass is 357 g/mol. The average molecular weight is 357 g/mol. The number of amides is 1. The van der Waals surface area contributed by atoms with Crippen molar-refractivity contribution < 1.29 is 23.2 Å². The van der Waals surface area contributed by atoms with E-state index in [9.17, 15) is 14.3 Å². The Morgan fingerprint density at radius 2 is 2.23 bits per heavy atom. The van der Waals surface area contributed by atoms with Gasteiger partial charge in [-0.15, -0.1) is 0 Å². The Kier molecular flexibility index (Phi) is 4.04. The molecular formula is C18H16FN3O4. The minimum Gasteiger partial charge on any atom is -0.472 e. The van der Waals surface area contributed by atoms with Crippen LogP contribution < -0.4 is 0 Å². The van der Waals surface area contributed by atoms with Gasteiger partial charge in [0, 0.05) is 18.5 Å². The third-order valence-electron chi connectivity index (χ3n) is 4.41. The summed E-state index contributed by atoms with van der Waals surface area (Å²) >= 11 is 0. The highest BCUT2D eigenvalue weighted by Crippen LogP contribution is 2.35. The maximum absolute atomic E-state index is 13.9. The van der Waals surface area contributed by atoms with E-state index < -0.39 is 23.9 Å². The van der Waals surface area contributed by atoms with Gasteiger partial charge in [0.25, 0.3) is 5.91 Å². The van der Waals surface area contributed by atoms with Crippen molar-refractivity contribution in [2.45, 2.75) is 25.5 Å². The van der Waals surface area contributed by atoms with Crippen molar-refractivity contribution in [3.8, 4) is 11.1 Å². The number of aliphatic hydroxyl groups is 1. The third-order valence-corrected chi connectivity index (χ3v) is 4.41. The number of aliphatic hydroxyl groups excluding tert-OH is 1. The normalized spacial score (nSPS) is 19.9. The van der Waals surface area contributed by atoms with Crippen molar-refractivity contribution in [1.82, 2.24) is 15.0 Å². The van der Waals surface area contributed by atoms with Gasteiger partial charge in [0.1, 0.15) is 11.9 Å². The fourth-order valence-electron chi connectivity index (χ4n) is 3.24. The molecule has 1 N–H and O–H groups in total. The summed E-state index contributed by atoms with van der Waals surface area (Å²) in [4.78, 5) is 18.8. The molecule has 7 nitrogen and oxygen atoms in total. The van der Waals surface area contributed by atoms with Crippen LogP contribution >= 0.6 is 0 Å². The van der Waals surface area contributed by atoms with Crippen LogP contribution in [0.25, 0.3) is 11.1 Å². The van der Waals surface area contributed by atoms with Crippen LogP contribution in [0.2, 0.25) is 0 Å². The Labute approximate surface area is 148 Å². The van der Waals surface area contributed by atoms with E-state index in [4.69, 9.17) is 8.94 Å². The molecule has 134 valence electrons. The van der Waals surface area contributed by atoms with Crippen molar-refractivity contribution in [1.29, 1.82) is 0 Å². The summed E-state index contributed by atoms with van der Waals surface area (Å²) in [5.74, 6) is -0.240. The van der Waals surface area contributed by atoms with E-state index in [1.165, 1.54) is 35.6 Å². The summed E-state index contributed by atoms with van der Waals surface area (Å²) in [6.07, 6.45) is 2.53. The van der Waals surface area contributed by atoms with Gasteiger partial charge in [-0.2, -0.15) is 4.98 Å². The summed E-state index contributed by atoms with van der Waals surface area (Å²) in [6.45, 7) is 1.78. The molecule has 4 rings (SSSR count). The highest BCUT2D eigenvalue weighted by atomic mass is 19.1. The topological polar surface area (TPSA) is 92.6 Å². The molecule has 3 heterocycles. The molecule has 1 aliphatic heterocycles. The van der Waals surface area contributed by atoms with Gasteiger partial charge in [0.15, 0.2) is 5.82 Å². The lowest BCUT2D eigenvalue weighted by atomic mass is 10.0. The smallest absolute Gasteiger partial charge is 0.255 e. The molecule has 0 spiro atoms. The fraction of sp³-hybridized carbons (Fsp3) is 0.278. The van der Waals surface area contributed by atoms with Gasteiger partial charge >= 0.3 is 0 Å². The number of β-amino-alcohol motifs (C(OH)–C–C–N with tert-alkyl or cyclic N) is 1. The second-order valence-electron chi connectivity index (χ2n) is 6.24. The molecule has 2 aromatic heterocycles. The van der Waals surface area contributed by atoms with E-state index in [2.05, 4.69) is 10.1 Å². The molecule has 1 fully saturated rings. The van der Waals surface area contributed by atoms with E-state index in [0.717, 1.165) is 0 Å². The van der Waals surface area contributed by atoms with Crippen LogP contribution in [0.5, 0.6) is 0 Å². The van der Waals surface area contributed by atoms with E-state index in [1.807, 2.05) is 0 Å². The minimum absolute atomic E-state index is 0.103. The number of nitrogens with zero attached hydrogens (tertiary/aromatic N) is 3. The van der Waals surface area contributed by atoms with Crippen molar-refractivity contribution in [2.75, 3.05) is 6.54 Å². The molecule has 2 atom stereocenters. The summed E-state index contributed by atoms with van der Waals surface area (Å²) in [5.41, 5.74) is 1.40. The maximum atomic E-state index is 13.9. The van der Waals surface area contributed by atoms with Crippen LogP contribution in [0.4, 0.5) is 4.39 Å². The van der Waals surface area contributed by atoms with Crippen molar-refractivity contribution in [2.24, 2.45) is 0 Å². The number of rotatable bonds is 3. The minimum atomic E-state index is -0.720. The molecule has 3 aromatic rings. The highest BCUT2D eigenvalue weighted by Gasteiger charge is 2.39. The first-order chi connectivity index (χ1) is 12.5. The average Bonchev–Trinajstić information content (AvgIpc) is 3.35. The Bertz CT molecular complexity index is 938. The first kappa shape index (κ1) is 16.5. The number of aromatic nitrogens is 2. The second kappa shape index (κ2) is 6.38. The van der Waals surface area contributed by atoms with E-state index in [-0.39, 0.29) is 24.4 Å². The van der Waals surface area contributed by atoms with Gasteiger partial charge < -0.3 is 18.9 Å². The molecule has 8 heteroatoms. The van der Waals surface area contributed by atoms with Crippen molar-refractivity contribution in [3.05, 3.63) is 59.9 Å². The zero-order valence-corrected chi connectivity index (χ0v) is 13.9. The highest BCUT2D eigenvalue weighted by molar-refractivity contribution is 6.01. The van der Waals surface area contributed by atoms with Crippen LogP contribution in [0.15, 0.2) is 45.7 Å². The van der Waals surface area contributed by atoms with Gasteiger partial charge in [-0.3, -0.25) is 4.79 Å². The zero-order chi connectivity index (χ0) is 18.3. The number of aryl methyl sites for hydroxylation is 1. The molecule has 0 aliphatic carbocycles. The number of benzene rings is 1. The first-order valence-electron chi connectivity index (χ1n) is 8.14. The van der Waals surface area contributed by atoms with Gasteiger partial charge in [0.05, 0.1) is 24.2 Å². The Hall–Kier alpha value is -3.00. The molecule has 1 amide bonds. The van der Waals surface area contributed by atoms with E-state index in [0.29, 0.717) is 17.0 Å². The predicted octanol–water partition coefficient (Wildman–Crippen LogP) is 2.73. The molecule has 1 aliphatic rings. The van der Waals surface area contributed by atoms with Gasteiger partial charge in [-0.25, -0.2) is 4.39 Å². The second-order valence-corrected chi connectivity index (χ2v) is 6.24. The summed E-state index contributed by atoms with van der Waals surface area (Å²) < 4.78 is 24.1. The number of hydrogen-bond acceptors (Lipinski definition) is 6. The summed E-state index contributed by atoms with van der Waals surface area (Å²) in [6, 6.07) is 5.15. The molecule has 1 aromatic carbocycles. The predicted molar refractivity (Wildman–Crippen MR) is 87.5 cm³/mol. The third kappa shape index (κ3) is 2.88. The largest absolute Gasteiger partial charge is 0.472 e. The Morgan fingerprint density at radius 1 is 1.38 bits per heavy atom. The molecule has 0 radical (unpaired) electrons. The number of halogens is 1. The van der Waals surface area contributed by atoms with Gasteiger partial charge in [-0.05, 0) is 30.7 Å². The van der Waals surface area contributed by atoms with Crippen LogP contribution in [-0.2, 0) is 0 Å². The van der Waals surface area contributed by atoms with Crippen molar-refractivity contribution in [3.63, 3.8) is 0 Å². The van der Waals surface area contributed by atoms with Crippen LogP contribution in [0.3, 0.4) is 0 Å². The Morgan fingerprint density at radius 3 is 2.92 bits per heavy atom. The standard InChI is InChI=1S/C18H16FN3O4/c1-10-20-17(26-21-10)16-7-13(23)8-22(16)18(24)15-6-12(19)2-3-14(15)11-4-5-25-9-11/h2-6,9,13,16,23H,7-8H2,1H3/t13-,16-/m1/s1. The zero-order valence-electron chi connectivity index (χ0n) is 13.9. The lowest BCUT2D eigenvalue weighted by Crippen LogP contribution is -2.32. The molecule has 0 saturated carbocycles. The van der Waals surface area contributed by atoms with Crippen LogP contribution in [0, 0.1) is 12.7 Å². The quantitative estimate of drug-likeness (QED) is 0.775. The first-order valence-corrected chi connectivity index (χ1v) is 8.14. The van der Waals surface area contributed by atoms with Crippen LogP contribution in [0.1, 0.15) is 34.5 Å². The summed E-state index contributed by atoms with van der Waals surface area (Å²) in [5, 5.41) is 13.8. The lowest BCUT2D eigenvalue weighted by Gasteiger charge is -2.23. The molecule has 1 saturated heterocycles. The van der Waals surface area contributed by atoms with Crippen LogP contribution in [-0.4, -0.2) is 38.7 Å². The summed E-state index contributed by atoms with van der Waals surface area (Å²) in [7, 11) is 0. The van der Waals surface area contributed by atoms with Gasteiger partial charge in [-0.1, -0.05) is 11.2 Å². The molecular weight excluding hydrogens is 341 g/mol. The number of hydrogen-bond donors (Lipinski definition) is 1. The lowest BCUT2D eigenvalue weighted by molar-refractivity contribution is 0.0694. The number of furan rings is 1. The maximum Gasteiger partial charge on any atom is 0.255 e. The fourth-order valence-corrected chi connectivity index (χ4v) is 3.24. The van der Waals surface area contributed by atoms with E-state index in [1.54, 1.807) is 13.0 Å². The number of carbonyl (C=O) groups is 1. The number of likely N-dealkylation sites (tertiary alicyclic amines) is 1. The van der Waals surface area contributed by atoms with E-state index >= 15 is 0 Å². The molecule has 26 heavy (non-hydrogen) atoms. The SMILES string of the molecule is Cc1noc([C@H]2C[C@@H](O)CN2C(=O)c2cc(F)ccc2-c2ccoc2)n1. The number of carbonyl (C=O) groups excluding carboxylic acids is 1. The molecule has 0 unspecified atom stereocenters. The van der Waals surface area contributed by atoms with Gasteiger partial charge in [0.2, 0.25) is 5.89 Å². The molecule has 0 bridgehead atoms. The van der Waals surface area contributed by atoms with Crippen molar-refractivity contribution >= 4 is 5.91 Å². The Balaban J connectivity index is 1.74.